The summed E-state index contributed by atoms with van der Waals surface area (Å²) in [6, 6.07) is 17.7. The minimum absolute atomic E-state index is 0.0110. The quantitative estimate of drug-likeness (QED) is 0.378. The number of rotatable bonds is 8. The fraction of sp³-hybridized carbons (Fsp3) is 0.130. The number of ether oxygens (including phenoxy) is 1. The van der Waals surface area contributed by atoms with Gasteiger partial charge in [-0.25, -0.2) is 18.2 Å². The molecule has 12 heteroatoms. The van der Waals surface area contributed by atoms with Gasteiger partial charge in [0.05, 0.1) is 22.9 Å². The van der Waals surface area contributed by atoms with Crippen LogP contribution in [0.4, 0.5) is 17.2 Å². The van der Waals surface area contributed by atoms with Crippen LogP contribution in [0.1, 0.15) is 6.92 Å². The van der Waals surface area contributed by atoms with Crippen molar-refractivity contribution in [2.75, 3.05) is 16.3 Å². The molecule has 4 rings (SSSR count). The highest BCUT2D eigenvalue weighted by Crippen LogP contribution is 2.24. The molecule has 0 saturated carbocycles. The van der Waals surface area contributed by atoms with Gasteiger partial charge in [-0.2, -0.15) is 20.3 Å². The minimum atomic E-state index is -3.86. The number of amides is 1. The molecule has 1 amide bonds. The number of pyridine rings is 1. The van der Waals surface area contributed by atoms with Gasteiger partial charge in [-0.05, 0) is 55.5 Å². The second kappa shape index (κ2) is 10.2. The number of anilines is 2. The molecule has 0 radical (unpaired) electrons. The number of carbonyl (C=O) groups excluding carboxylic acids is 2. The van der Waals surface area contributed by atoms with E-state index in [9.17, 15) is 18.0 Å². The summed E-state index contributed by atoms with van der Waals surface area (Å²) in [6.07, 6.45) is 1.47. The molecule has 1 aliphatic heterocycles. The fourth-order valence-corrected chi connectivity index (χ4v) is 4.10. The molecular formula is C23H20N6O5S. The van der Waals surface area contributed by atoms with E-state index in [4.69, 9.17) is 4.74 Å². The van der Waals surface area contributed by atoms with E-state index in [1.54, 1.807) is 49.4 Å². The second-order valence-corrected chi connectivity index (χ2v) is 8.81. The molecular weight excluding hydrogens is 472 g/mol. The van der Waals surface area contributed by atoms with E-state index in [2.05, 4.69) is 25.0 Å². The van der Waals surface area contributed by atoms with Crippen LogP contribution in [0.3, 0.4) is 0 Å². The Morgan fingerprint density at radius 2 is 1.77 bits per heavy atom. The Morgan fingerprint density at radius 1 is 1.06 bits per heavy atom. The van der Waals surface area contributed by atoms with Gasteiger partial charge >= 0.3 is 5.97 Å². The van der Waals surface area contributed by atoms with E-state index < -0.39 is 27.9 Å². The van der Waals surface area contributed by atoms with Crippen LogP contribution >= 0.6 is 0 Å². The number of aromatic nitrogens is 1. The zero-order valence-electron chi connectivity index (χ0n) is 18.5. The van der Waals surface area contributed by atoms with E-state index in [0.717, 1.165) is 5.01 Å². The summed E-state index contributed by atoms with van der Waals surface area (Å²) in [6.45, 7) is 1.74. The molecule has 1 aliphatic rings. The Bertz CT molecular complexity index is 1380. The van der Waals surface area contributed by atoms with Crippen LogP contribution in [-0.2, 0) is 24.3 Å². The van der Waals surface area contributed by atoms with Gasteiger partial charge in [0.1, 0.15) is 5.82 Å². The van der Waals surface area contributed by atoms with Crippen molar-refractivity contribution in [2.45, 2.75) is 17.9 Å². The average molecular weight is 493 g/mol. The largest absolute Gasteiger partial charge is 0.461 e. The number of esters is 1. The van der Waals surface area contributed by atoms with E-state index in [-0.39, 0.29) is 28.7 Å². The van der Waals surface area contributed by atoms with Crippen LogP contribution in [0.2, 0.25) is 0 Å². The van der Waals surface area contributed by atoms with Crippen LogP contribution < -0.4 is 9.73 Å². The highest BCUT2D eigenvalue weighted by Gasteiger charge is 2.41. The topological polar surface area (TPSA) is 143 Å². The van der Waals surface area contributed by atoms with E-state index in [1.807, 2.05) is 0 Å². The normalized spacial score (nSPS) is 15.8. The van der Waals surface area contributed by atoms with Gasteiger partial charge in [-0.3, -0.25) is 9.52 Å². The van der Waals surface area contributed by atoms with Gasteiger partial charge in [0, 0.05) is 6.20 Å². The van der Waals surface area contributed by atoms with E-state index in [1.165, 1.54) is 36.5 Å². The Balaban J connectivity index is 1.54. The zero-order valence-corrected chi connectivity index (χ0v) is 19.3. The lowest BCUT2D eigenvalue weighted by Gasteiger charge is -2.11. The molecule has 1 N–H and O–H groups in total. The van der Waals surface area contributed by atoms with Crippen molar-refractivity contribution < 1.29 is 22.7 Å². The van der Waals surface area contributed by atoms with Gasteiger partial charge in [0.25, 0.3) is 15.9 Å². The third-order valence-electron chi connectivity index (χ3n) is 4.73. The third kappa shape index (κ3) is 5.38. The molecule has 2 aromatic carbocycles. The van der Waals surface area contributed by atoms with Crippen molar-refractivity contribution in [3.05, 3.63) is 79.0 Å². The third-order valence-corrected chi connectivity index (χ3v) is 6.10. The predicted octanol–water partition coefficient (Wildman–Crippen LogP) is 3.30. The number of sulfonamides is 1. The number of hydrazone groups is 1. The van der Waals surface area contributed by atoms with Crippen LogP contribution in [-0.4, -0.2) is 43.6 Å². The van der Waals surface area contributed by atoms with Crippen LogP contribution in [0, 0.1) is 0 Å². The van der Waals surface area contributed by atoms with Crippen molar-refractivity contribution in [1.82, 2.24) is 4.98 Å². The number of para-hydroxylation sites is 1. The summed E-state index contributed by atoms with van der Waals surface area (Å²) in [5, 5.41) is 13.2. The molecule has 1 atom stereocenters. The van der Waals surface area contributed by atoms with E-state index in [0.29, 0.717) is 5.69 Å². The summed E-state index contributed by atoms with van der Waals surface area (Å²) in [5.41, 5.74) is 0.547. The SMILES string of the molecule is CCOC(=O)C1=NN(c2ccccc2)C(=O)C1N=Nc1ccc(S(=O)(=O)Nc2ccccn2)cc1. The first kappa shape index (κ1) is 23.7. The van der Waals surface area contributed by atoms with Crippen molar-refractivity contribution >= 4 is 44.8 Å². The number of nitrogens with one attached hydrogen (secondary N) is 1. The van der Waals surface area contributed by atoms with Crippen molar-refractivity contribution in [2.24, 2.45) is 15.3 Å². The number of hydrogen-bond donors (Lipinski definition) is 1. The van der Waals surface area contributed by atoms with Gasteiger partial charge in [0.2, 0.25) is 6.04 Å². The van der Waals surface area contributed by atoms with Crippen molar-refractivity contribution in [3.8, 4) is 0 Å². The molecule has 1 aromatic heterocycles. The molecule has 2 heterocycles. The maximum absolute atomic E-state index is 13.0. The summed E-state index contributed by atoms with van der Waals surface area (Å²) in [4.78, 5) is 29.3. The standard InChI is InChI=1S/C23H20N6O5S/c1-2-34-23(31)21-20(22(30)29(27-21)17-8-4-3-5-9-17)26-25-16-11-13-18(14-12-16)35(32,33)28-19-10-6-7-15-24-19/h3-15,20H,2H2,1H3,(H,24,28). The Morgan fingerprint density at radius 3 is 2.43 bits per heavy atom. The first-order chi connectivity index (χ1) is 16.9. The summed E-state index contributed by atoms with van der Waals surface area (Å²) in [7, 11) is -3.86. The maximum Gasteiger partial charge on any atom is 0.357 e. The van der Waals surface area contributed by atoms with Gasteiger partial charge in [-0.15, -0.1) is 0 Å². The molecule has 0 spiro atoms. The smallest absolute Gasteiger partial charge is 0.357 e. The minimum Gasteiger partial charge on any atom is -0.461 e. The van der Waals surface area contributed by atoms with E-state index >= 15 is 0 Å². The molecule has 1 unspecified atom stereocenters. The van der Waals surface area contributed by atoms with Crippen molar-refractivity contribution in [1.29, 1.82) is 0 Å². The molecule has 0 fully saturated rings. The number of azo groups is 1. The Hall–Kier alpha value is -4.45. The lowest BCUT2D eigenvalue weighted by Crippen LogP contribution is -2.33. The monoisotopic (exact) mass is 492 g/mol. The van der Waals surface area contributed by atoms with Gasteiger partial charge < -0.3 is 4.74 Å². The fourth-order valence-electron chi connectivity index (χ4n) is 3.10. The molecule has 11 nitrogen and oxygen atoms in total. The summed E-state index contributed by atoms with van der Waals surface area (Å²) < 4.78 is 32.5. The van der Waals surface area contributed by atoms with Gasteiger partial charge in [0.15, 0.2) is 5.71 Å². The molecule has 35 heavy (non-hydrogen) atoms. The number of nitrogens with zero attached hydrogens (tertiary/aromatic N) is 5. The maximum atomic E-state index is 13.0. The van der Waals surface area contributed by atoms with Crippen LogP contribution in [0.15, 0.2) is 99.2 Å². The van der Waals surface area contributed by atoms with Crippen LogP contribution in [0.25, 0.3) is 0 Å². The molecule has 178 valence electrons. The number of carbonyl (C=O) groups is 2. The lowest BCUT2D eigenvalue weighted by atomic mass is 10.2. The second-order valence-electron chi connectivity index (χ2n) is 7.12. The molecule has 0 saturated heterocycles. The summed E-state index contributed by atoms with van der Waals surface area (Å²) >= 11 is 0. The molecule has 0 bridgehead atoms. The number of benzene rings is 2. The highest BCUT2D eigenvalue weighted by molar-refractivity contribution is 7.92. The van der Waals surface area contributed by atoms with Gasteiger partial charge in [-0.1, -0.05) is 24.3 Å². The predicted molar refractivity (Wildman–Crippen MR) is 128 cm³/mol. The average Bonchev–Trinajstić information content (AvgIpc) is 3.20. The Labute approximate surface area is 201 Å². The first-order valence-electron chi connectivity index (χ1n) is 10.5. The lowest BCUT2D eigenvalue weighted by molar-refractivity contribution is -0.135. The Kier molecular flexibility index (Phi) is 6.92. The van der Waals surface area contributed by atoms with Crippen molar-refractivity contribution in [3.63, 3.8) is 0 Å². The molecule has 0 aliphatic carbocycles. The highest BCUT2D eigenvalue weighted by atomic mass is 32.2. The molecule has 3 aromatic rings. The zero-order chi connectivity index (χ0) is 24.8. The number of hydrogen-bond acceptors (Lipinski definition) is 9. The van der Waals surface area contributed by atoms with Crippen LogP contribution in [0.5, 0.6) is 0 Å². The first-order valence-corrected chi connectivity index (χ1v) is 12.0. The summed E-state index contributed by atoms with van der Waals surface area (Å²) in [5.74, 6) is -1.16.